The quantitative estimate of drug-likeness (QED) is 0.452. The van der Waals surface area contributed by atoms with Crippen LogP contribution in [0.1, 0.15) is 36.0 Å². The van der Waals surface area contributed by atoms with Crippen LogP contribution in [0.4, 0.5) is 8.78 Å². The molecule has 6 nitrogen and oxygen atoms in total. The standard InChI is InChI=1S/C18H17F2NO5/c19-13-6-5-10(7-14(13)20)15(22)9-26-16(23)8-21-17(24)11-3-1-2-4-12(11)18(21)25/h5-7,11-12H,1-4,8-9H2/t11-,12-/m0/s1. The van der Waals surface area contributed by atoms with Crippen LogP contribution in [0, 0.1) is 23.5 Å². The van der Waals surface area contributed by atoms with Gasteiger partial charge in [0.15, 0.2) is 24.0 Å². The summed E-state index contributed by atoms with van der Waals surface area (Å²) in [6, 6.07) is 2.59. The summed E-state index contributed by atoms with van der Waals surface area (Å²) in [5, 5.41) is 0. The summed E-state index contributed by atoms with van der Waals surface area (Å²) in [5.41, 5.74) is -0.143. The van der Waals surface area contributed by atoms with Crippen molar-refractivity contribution < 1.29 is 32.7 Å². The normalized spacial score (nSPS) is 22.3. The number of nitrogens with zero attached hydrogens (tertiary/aromatic N) is 1. The van der Waals surface area contributed by atoms with Crippen molar-refractivity contribution in [2.24, 2.45) is 11.8 Å². The molecule has 1 aromatic rings. The fourth-order valence-electron chi connectivity index (χ4n) is 3.46. The van der Waals surface area contributed by atoms with Gasteiger partial charge in [-0.1, -0.05) is 12.8 Å². The molecule has 0 aromatic heterocycles. The lowest BCUT2D eigenvalue weighted by Crippen LogP contribution is -2.37. The Balaban J connectivity index is 1.55. The Morgan fingerprint density at radius 3 is 2.23 bits per heavy atom. The second-order valence-corrected chi connectivity index (χ2v) is 6.47. The van der Waals surface area contributed by atoms with Gasteiger partial charge < -0.3 is 4.74 Å². The predicted octanol–water partition coefficient (Wildman–Crippen LogP) is 1.87. The zero-order valence-electron chi connectivity index (χ0n) is 13.9. The Morgan fingerprint density at radius 2 is 1.65 bits per heavy atom. The van der Waals surface area contributed by atoms with E-state index in [0.717, 1.165) is 29.9 Å². The van der Waals surface area contributed by atoms with Crippen LogP contribution in [0.25, 0.3) is 0 Å². The van der Waals surface area contributed by atoms with Crippen molar-refractivity contribution in [1.29, 1.82) is 0 Å². The minimum atomic E-state index is -1.18. The number of ether oxygens (including phenoxy) is 1. The van der Waals surface area contributed by atoms with Crippen LogP contribution in [0.3, 0.4) is 0 Å². The molecule has 8 heteroatoms. The SMILES string of the molecule is O=C(CN1C(=O)[C@H]2CCCC[C@@H]2C1=O)OCC(=O)c1ccc(F)c(F)c1. The number of carbonyl (C=O) groups is 4. The molecule has 26 heavy (non-hydrogen) atoms. The fourth-order valence-corrected chi connectivity index (χ4v) is 3.46. The molecule has 1 saturated heterocycles. The molecule has 0 spiro atoms. The highest BCUT2D eigenvalue weighted by atomic mass is 19.2. The molecular formula is C18H17F2NO5. The first-order chi connectivity index (χ1) is 12.4. The molecule has 1 saturated carbocycles. The Labute approximate surface area is 148 Å². The molecule has 0 radical (unpaired) electrons. The van der Waals surface area contributed by atoms with E-state index in [-0.39, 0.29) is 29.2 Å². The Kier molecular flexibility index (Phi) is 5.11. The largest absolute Gasteiger partial charge is 0.456 e. The number of fused-ring (bicyclic) bond motifs is 1. The van der Waals surface area contributed by atoms with Crippen molar-refractivity contribution in [1.82, 2.24) is 4.90 Å². The summed E-state index contributed by atoms with van der Waals surface area (Å²) in [7, 11) is 0. The Morgan fingerprint density at radius 1 is 1.04 bits per heavy atom. The third kappa shape index (κ3) is 3.49. The summed E-state index contributed by atoms with van der Waals surface area (Å²) in [5.74, 6) is -5.37. The van der Waals surface area contributed by atoms with E-state index in [1.807, 2.05) is 0 Å². The Hall–Kier alpha value is -2.64. The van der Waals surface area contributed by atoms with Crippen molar-refractivity contribution in [2.45, 2.75) is 25.7 Å². The number of ketones is 1. The van der Waals surface area contributed by atoms with Crippen molar-refractivity contribution >= 4 is 23.6 Å². The van der Waals surface area contributed by atoms with Gasteiger partial charge in [-0.15, -0.1) is 0 Å². The lowest BCUT2D eigenvalue weighted by atomic mass is 9.81. The summed E-state index contributed by atoms with van der Waals surface area (Å²) in [4.78, 5) is 49.2. The van der Waals surface area contributed by atoms with Gasteiger partial charge in [0.05, 0.1) is 11.8 Å². The van der Waals surface area contributed by atoms with Crippen LogP contribution in [0.15, 0.2) is 18.2 Å². The van der Waals surface area contributed by atoms with Crippen molar-refractivity contribution in [3.63, 3.8) is 0 Å². The van der Waals surface area contributed by atoms with Gasteiger partial charge in [0.2, 0.25) is 11.8 Å². The van der Waals surface area contributed by atoms with Gasteiger partial charge in [0.1, 0.15) is 6.54 Å². The highest BCUT2D eigenvalue weighted by molar-refractivity contribution is 6.07. The van der Waals surface area contributed by atoms with E-state index >= 15 is 0 Å². The van der Waals surface area contributed by atoms with Gasteiger partial charge in [-0.25, -0.2) is 8.78 Å². The number of amides is 2. The summed E-state index contributed by atoms with van der Waals surface area (Å²) in [6.45, 7) is -1.23. The lowest BCUT2D eigenvalue weighted by Gasteiger charge is -2.19. The third-order valence-corrected chi connectivity index (χ3v) is 4.83. The molecule has 0 N–H and O–H groups in total. The first-order valence-corrected chi connectivity index (χ1v) is 8.37. The van der Waals surface area contributed by atoms with Crippen LogP contribution in [-0.4, -0.2) is 41.6 Å². The number of benzene rings is 1. The molecule has 2 atom stereocenters. The van der Waals surface area contributed by atoms with Gasteiger partial charge in [0, 0.05) is 5.56 Å². The van der Waals surface area contributed by atoms with Gasteiger partial charge in [-0.3, -0.25) is 24.1 Å². The van der Waals surface area contributed by atoms with Crippen molar-refractivity contribution in [3.05, 3.63) is 35.4 Å². The topological polar surface area (TPSA) is 80.8 Å². The number of Topliss-reactive ketones (excluding diaryl/α,β-unsaturated/α-hetero) is 1. The maximum atomic E-state index is 13.1. The van der Waals surface area contributed by atoms with Crippen LogP contribution in [-0.2, 0) is 19.1 Å². The van der Waals surface area contributed by atoms with E-state index in [0.29, 0.717) is 18.9 Å². The number of imide groups is 1. The van der Waals surface area contributed by atoms with E-state index in [9.17, 15) is 28.0 Å². The van der Waals surface area contributed by atoms with E-state index in [2.05, 4.69) is 0 Å². The molecule has 2 fully saturated rings. The molecule has 1 aliphatic carbocycles. The number of hydrogen-bond acceptors (Lipinski definition) is 5. The maximum Gasteiger partial charge on any atom is 0.326 e. The molecule has 2 amide bonds. The van der Waals surface area contributed by atoms with E-state index in [4.69, 9.17) is 4.74 Å². The number of likely N-dealkylation sites (tertiary alicyclic amines) is 1. The second kappa shape index (κ2) is 7.31. The minimum Gasteiger partial charge on any atom is -0.456 e. The molecule has 0 unspecified atom stereocenters. The zero-order chi connectivity index (χ0) is 18.8. The highest BCUT2D eigenvalue weighted by Gasteiger charge is 2.48. The average Bonchev–Trinajstić information content (AvgIpc) is 2.87. The van der Waals surface area contributed by atoms with E-state index in [1.165, 1.54) is 0 Å². The predicted molar refractivity (Wildman–Crippen MR) is 83.8 cm³/mol. The molecule has 1 aromatic carbocycles. The van der Waals surface area contributed by atoms with E-state index in [1.54, 1.807) is 0 Å². The molecule has 2 aliphatic rings. The molecule has 1 heterocycles. The van der Waals surface area contributed by atoms with E-state index < -0.39 is 36.5 Å². The highest BCUT2D eigenvalue weighted by Crippen LogP contribution is 2.37. The van der Waals surface area contributed by atoms with Crippen molar-refractivity contribution in [2.75, 3.05) is 13.2 Å². The zero-order valence-corrected chi connectivity index (χ0v) is 13.9. The number of carbonyl (C=O) groups excluding carboxylic acids is 4. The van der Waals surface area contributed by atoms with Gasteiger partial charge in [-0.05, 0) is 31.0 Å². The smallest absolute Gasteiger partial charge is 0.326 e. The van der Waals surface area contributed by atoms with Crippen LogP contribution in [0.2, 0.25) is 0 Å². The van der Waals surface area contributed by atoms with Crippen molar-refractivity contribution in [3.8, 4) is 0 Å². The van der Waals surface area contributed by atoms with Gasteiger partial charge >= 0.3 is 5.97 Å². The summed E-state index contributed by atoms with van der Waals surface area (Å²) >= 11 is 0. The number of halogens is 2. The molecule has 3 rings (SSSR count). The average molecular weight is 365 g/mol. The molecule has 138 valence electrons. The molecular weight excluding hydrogens is 348 g/mol. The molecule has 0 bridgehead atoms. The Bertz CT molecular complexity index is 755. The third-order valence-electron chi connectivity index (χ3n) is 4.83. The number of esters is 1. The molecule has 1 aliphatic heterocycles. The lowest BCUT2D eigenvalue weighted by molar-refractivity contribution is -0.152. The first-order valence-electron chi connectivity index (χ1n) is 8.37. The number of hydrogen-bond donors (Lipinski definition) is 0. The van der Waals surface area contributed by atoms with Gasteiger partial charge in [-0.2, -0.15) is 0 Å². The minimum absolute atomic E-state index is 0.143. The number of rotatable bonds is 5. The van der Waals surface area contributed by atoms with Crippen LogP contribution in [0.5, 0.6) is 0 Å². The fraction of sp³-hybridized carbons (Fsp3) is 0.444. The second-order valence-electron chi connectivity index (χ2n) is 6.47. The van der Waals surface area contributed by atoms with Crippen LogP contribution >= 0.6 is 0 Å². The summed E-state index contributed by atoms with van der Waals surface area (Å²) in [6.07, 6.45) is 3.02. The van der Waals surface area contributed by atoms with Crippen LogP contribution < -0.4 is 0 Å². The summed E-state index contributed by atoms with van der Waals surface area (Å²) < 4.78 is 30.8. The first kappa shape index (κ1) is 18.2. The monoisotopic (exact) mass is 365 g/mol. The maximum absolute atomic E-state index is 13.1. The van der Waals surface area contributed by atoms with Gasteiger partial charge in [0.25, 0.3) is 0 Å².